The molecule has 21 heavy (non-hydrogen) atoms. The topological polar surface area (TPSA) is 46.2 Å². The van der Waals surface area contributed by atoms with E-state index in [9.17, 15) is 31.5 Å². The number of carbonyl (C=O) groups excluding carboxylic acids is 2. The summed E-state index contributed by atoms with van der Waals surface area (Å²) in [6, 6.07) is 0. The molecule has 1 rings (SSSR count). The highest BCUT2D eigenvalue weighted by atomic mass is 35.5. The van der Waals surface area contributed by atoms with E-state index in [0.29, 0.717) is 12.8 Å². The van der Waals surface area contributed by atoms with Gasteiger partial charge in [0.2, 0.25) is 0 Å². The third-order valence-corrected chi connectivity index (χ3v) is 4.02. The lowest BCUT2D eigenvalue weighted by Crippen LogP contribution is -2.62. The Labute approximate surface area is 123 Å². The molecule has 0 unspecified atom stereocenters. The molecule has 1 aliphatic rings. The molecule has 0 aliphatic heterocycles. The summed E-state index contributed by atoms with van der Waals surface area (Å²) in [5.41, 5.74) is -1.74. The number of hydrogen-bond acceptors (Lipinski definition) is 2. The molecule has 1 saturated carbocycles. The summed E-state index contributed by atoms with van der Waals surface area (Å²) in [5.74, 6) is -9.17. The van der Waals surface area contributed by atoms with Gasteiger partial charge in [0.1, 0.15) is 0 Å². The van der Waals surface area contributed by atoms with E-state index in [4.69, 9.17) is 11.6 Å². The Balaban J connectivity index is 2.98. The fourth-order valence-electron chi connectivity index (χ4n) is 2.28. The first-order valence-electron chi connectivity index (χ1n) is 6.32. The van der Waals surface area contributed by atoms with E-state index in [2.05, 4.69) is 0 Å². The second-order valence-corrected chi connectivity index (χ2v) is 5.61. The molecule has 1 amide bonds. The smallest absolute Gasteiger partial charge is 0.338 e. The molecule has 0 atom stereocenters. The highest BCUT2D eigenvalue weighted by Gasteiger charge is 2.64. The molecular formula is C12H15ClF5NO2. The Bertz CT molecular complexity index is 416. The highest BCUT2D eigenvalue weighted by Crippen LogP contribution is 2.38. The summed E-state index contributed by atoms with van der Waals surface area (Å²) in [6.07, 6.45) is -5.15. The van der Waals surface area contributed by atoms with Crippen LogP contribution in [0.25, 0.3) is 0 Å². The number of Topliss-reactive ketones (excluding diaryl/α,β-unsaturated/α-hetero) is 1. The quantitative estimate of drug-likeness (QED) is 0.634. The van der Waals surface area contributed by atoms with Gasteiger partial charge in [0.05, 0.1) is 11.4 Å². The maximum Gasteiger partial charge on any atom is 0.463 e. The van der Waals surface area contributed by atoms with Crippen molar-refractivity contribution >= 4 is 23.3 Å². The average molecular weight is 336 g/mol. The Kier molecular flexibility index (Phi) is 5.23. The van der Waals surface area contributed by atoms with Crippen LogP contribution >= 0.6 is 11.6 Å². The van der Waals surface area contributed by atoms with E-state index in [-0.39, 0.29) is 18.8 Å². The van der Waals surface area contributed by atoms with E-state index < -0.39 is 35.2 Å². The predicted octanol–water partition coefficient (Wildman–Crippen LogP) is 3.06. The first-order valence-corrected chi connectivity index (χ1v) is 6.86. The van der Waals surface area contributed by atoms with Gasteiger partial charge in [0.15, 0.2) is 5.78 Å². The lowest BCUT2D eigenvalue weighted by molar-refractivity contribution is -0.270. The fraction of sp³-hybridized carbons (Fsp3) is 0.833. The Hall–Kier alpha value is -0.920. The van der Waals surface area contributed by atoms with Crippen molar-refractivity contribution in [1.82, 2.24) is 5.32 Å². The minimum Gasteiger partial charge on any atom is -0.338 e. The maximum absolute atomic E-state index is 13.0. The van der Waals surface area contributed by atoms with Gasteiger partial charge in [-0.1, -0.05) is 6.92 Å². The third kappa shape index (κ3) is 3.64. The molecule has 0 aromatic heterocycles. The maximum atomic E-state index is 13.0. The number of rotatable bonds is 4. The van der Waals surface area contributed by atoms with Crippen LogP contribution in [0.5, 0.6) is 0 Å². The molecule has 122 valence electrons. The molecule has 1 fully saturated rings. The first-order chi connectivity index (χ1) is 9.46. The average Bonchev–Trinajstić information content (AvgIpc) is 2.39. The summed E-state index contributed by atoms with van der Waals surface area (Å²) in [5, 5.41) is 1.61. The molecule has 0 saturated heterocycles. The van der Waals surface area contributed by atoms with Gasteiger partial charge in [-0.2, -0.15) is 22.0 Å². The summed E-state index contributed by atoms with van der Waals surface area (Å²) in [6.45, 7) is 1.86. The largest absolute Gasteiger partial charge is 0.463 e. The lowest BCUT2D eigenvalue weighted by atomic mass is 9.75. The Morgan fingerprint density at radius 1 is 1.19 bits per heavy atom. The second-order valence-electron chi connectivity index (χ2n) is 5.35. The minimum absolute atomic E-state index is 0.000598. The fourth-order valence-corrected chi connectivity index (χ4v) is 2.54. The zero-order valence-electron chi connectivity index (χ0n) is 11.2. The van der Waals surface area contributed by atoms with Crippen LogP contribution in [0, 0.1) is 5.92 Å². The molecule has 0 radical (unpaired) electrons. The van der Waals surface area contributed by atoms with Crippen LogP contribution in [0.15, 0.2) is 0 Å². The monoisotopic (exact) mass is 335 g/mol. The molecule has 9 heteroatoms. The van der Waals surface area contributed by atoms with Crippen LogP contribution in [-0.2, 0) is 9.59 Å². The van der Waals surface area contributed by atoms with Crippen LogP contribution in [0.3, 0.4) is 0 Å². The van der Waals surface area contributed by atoms with Crippen molar-refractivity contribution in [2.24, 2.45) is 5.92 Å². The number of amides is 1. The van der Waals surface area contributed by atoms with Gasteiger partial charge in [-0.05, 0) is 31.6 Å². The molecule has 0 spiro atoms. The number of ketones is 1. The molecule has 1 N–H and O–H groups in total. The summed E-state index contributed by atoms with van der Waals surface area (Å²) < 4.78 is 62.6. The van der Waals surface area contributed by atoms with Crippen molar-refractivity contribution in [3.05, 3.63) is 0 Å². The number of nitrogens with one attached hydrogen (secondary N) is 1. The van der Waals surface area contributed by atoms with Crippen molar-refractivity contribution in [1.29, 1.82) is 0 Å². The molecular weight excluding hydrogens is 321 g/mol. The zero-order chi connectivity index (χ0) is 16.5. The van der Waals surface area contributed by atoms with Crippen molar-refractivity contribution in [2.45, 2.75) is 50.2 Å². The second kappa shape index (κ2) is 6.06. The number of hydrogen-bond donors (Lipinski definition) is 1. The van der Waals surface area contributed by atoms with Gasteiger partial charge in [-0.25, -0.2) is 0 Å². The van der Waals surface area contributed by atoms with Gasteiger partial charge in [0.25, 0.3) is 0 Å². The molecule has 0 aromatic rings. The van der Waals surface area contributed by atoms with E-state index in [1.807, 2.05) is 6.92 Å². The van der Waals surface area contributed by atoms with Gasteiger partial charge < -0.3 is 5.32 Å². The first kappa shape index (κ1) is 18.1. The summed E-state index contributed by atoms with van der Waals surface area (Å²) in [7, 11) is 0. The van der Waals surface area contributed by atoms with E-state index in [1.54, 1.807) is 5.32 Å². The normalized spacial score (nSPS) is 27.3. The van der Waals surface area contributed by atoms with Crippen molar-refractivity contribution in [3.63, 3.8) is 0 Å². The number of halogens is 6. The molecule has 0 bridgehead atoms. The van der Waals surface area contributed by atoms with Gasteiger partial charge in [0, 0.05) is 0 Å². The molecule has 0 aromatic carbocycles. The van der Waals surface area contributed by atoms with Gasteiger partial charge in [-0.15, -0.1) is 11.6 Å². The van der Waals surface area contributed by atoms with Crippen molar-refractivity contribution in [3.8, 4) is 0 Å². The minimum atomic E-state index is -6.01. The summed E-state index contributed by atoms with van der Waals surface area (Å²) >= 11 is 5.39. The molecule has 3 nitrogen and oxygen atoms in total. The molecule has 0 heterocycles. The number of alkyl halides is 6. The van der Waals surface area contributed by atoms with Crippen molar-refractivity contribution in [2.75, 3.05) is 5.88 Å². The van der Waals surface area contributed by atoms with Crippen LogP contribution < -0.4 is 5.32 Å². The summed E-state index contributed by atoms with van der Waals surface area (Å²) in [4.78, 5) is 23.1. The van der Waals surface area contributed by atoms with Crippen LogP contribution in [-0.4, -0.2) is 35.2 Å². The Morgan fingerprint density at radius 2 is 1.67 bits per heavy atom. The van der Waals surface area contributed by atoms with Gasteiger partial charge in [-0.3, -0.25) is 9.59 Å². The zero-order valence-corrected chi connectivity index (χ0v) is 12.0. The predicted molar refractivity (Wildman–Crippen MR) is 65.2 cm³/mol. The van der Waals surface area contributed by atoms with E-state index in [0.717, 1.165) is 0 Å². The highest BCUT2D eigenvalue weighted by molar-refractivity contribution is 6.29. The van der Waals surface area contributed by atoms with Crippen molar-refractivity contribution < 1.29 is 31.5 Å². The Morgan fingerprint density at radius 3 is 2.05 bits per heavy atom. The van der Waals surface area contributed by atoms with E-state index in [1.165, 1.54) is 0 Å². The van der Waals surface area contributed by atoms with E-state index >= 15 is 0 Å². The lowest BCUT2D eigenvalue weighted by Gasteiger charge is -2.39. The van der Waals surface area contributed by atoms with Gasteiger partial charge >= 0.3 is 18.0 Å². The number of carbonyl (C=O) groups is 2. The van der Waals surface area contributed by atoms with Crippen LogP contribution in [0.2, 0.25) is 0 Å². The van der Waals surface area contributed by atoms with Crippen LogP contribution in [0.4, 0.5) is 22.0 Å². The standard InChI is InChI=1S/C12H15ClF5NO2/c1-7-2-4-10(5-3-7,8(20)6-13)19-9(21)11(14,15)12(16,17)18/h7H,2-6H2,1H3,(H,19,21). The van der Waals surface area contributed by atoms with Crippen LogP contribution in [0.1, 0.15) is 32.6 Å². The SMILES string of the molecule is CC1CCC(NC(=O)C(F)(F)C(F)(F)F)(C(=O)CCl)CC1. The third-order valence-electron chi connectivity index (χ3n) is 3.78. The molecule has 1 aliphatic carbocycles.